The molecule has 7 rings (SSSR count). The van der Waals surface area contributed by atoms with Crippen LogP contribution in [-0.2, 0) is 6.54 Å². The van der Waals surface area contributed by atoms with Gasteiger partial charge in [-0.2, -0.15) is 4.57 Å². The van der Waals surface area contributed by atoms with Gasteiger partial charge in [0.15, 0.2) is 6.54 Å². The van der Waals surface area contributed by atoms with Crippen molar-refractivity contribution in [2.24, 2.45) is 11.3 Å². The maximum atomic E-state index is 2.63. The number of hydrogen-bond donors (Lipinski definition) is 0. The van der Waals surface area contributed by atoms with Crippen molar-refractivity contribution in [2.75, 3.05) is 11.4 Å². The molecular weight excluding hydrogens is 452 g/mol. The zero-order valence-corrected chi connectivity index (χ0v) is 21.6. The average molecular weight is 484 g/mol. The van der Waals surface area contributed by atoms with E-state index in [-0.39, 0.29) is 0 Å². The van der Waals surface area contributed by atoms with Crippen molar-refractivity contribution >= 4 is 44.6 Å². The van der Waals surface area contributed by atoms with E-state index < -0.39 is 0 Å². The van der Waals surface area contributed by atoms with Crippen LogP contribution in [0.2, 0.25) is 0 Å². The maximum Gasteiger partial charge on any atom is 0.266 e. The molecule has 0 spiro atoms. The third-order valence-corrected chi connectivity index (χ3v) is 10.2. The van der Waals surface area contributed by atoms with Gasteiger partial charge in [-0.1, -0.05) is 72.9 Å². The standard InChI is InChI=1S/C30H31N2S2/c1-30(2)18-21(20-13-15-31-24-9-3-5-11-26(24)33-28(31)17-20)16-22(19-30)23-8-7-14-32-25-10-4-6-12-27(25)34-29(23)32/h3-6,9-12,16-17,20H,7-8,13-15,18-19H2,1-2H3/q+1/b23-22+. The molecule has 172 valence electrons. The lowest BCUT2D eigenvalue weighted by atomic mass is 9.70. The summed E-state index contributed by atoms with van der Waals surface area (Å²) in [4.78, 5) is 3.94. The van der Waals surface area contributed by atoms with Crippen molar-refractivity contribution in [3.05, 3.63) is 81.9 Å². The highest BCUT2D eigenvalue weighted by Crippen LogP contribution is 2.51. The van der Waals surface area contributed by atoms with E-state index in [0.29, 0.717) is 11.3 Å². The first-order valence-electron chi connectivity index (χ1n) is 12.7. The Morgan fingerprint density at radius 1 is 1.03 bits per heavy atom. The largest absolute Gasteiger partial charge is 0.335 e. The van der Waals surface area contributed by atoms with Crippen LogP contribution < -0.4 is 9.47 Å². The summed E-state index contributed by atoms with van der Waals surface area (Å²) in [6.45, 7) is 7.23. The van der Waals surface area contributed by atoms with E-state index in [2.05, 4.69) is 84.0 Å². The van der Waals surface area contributed by atoms with E-state index in [1.165, 1.54) is 62.9 Å². The van der Waals surface area contributed by atoms with Crippen LogP contribution in [0.1, 0.15) is 51.0 Å². The first-order valence-corrected chi connectivity index (χ1v) is 14.3. The van der Waals surface area contributed by atoms with Gasteiger partial charge in [0.25, 0.3) is 5.01 Å². The molecule has 3 aliphatic heterocycles. The van der Waals surface area contributed by atoms with Gasteiger partial charge in [0.1, 0.15) is 4.70 Å². The summed E-state index contributed by atoms with van der Waals surface area (Å²) in [5, 5.41) is 2.95. The quantitative estimate of drug-likeness (QED) is 0.324. The Morgan fingerprint density at radius 2 is 1.88 bits per heavy atom. The smallest absolute Gasteiger partial charge is 0.266 e. The van der Waals surface area contributed by atoms with Gasteiger partial charge >= 0.3 is 0 Å². The lowest BCUT2D eigenvalue weighted by Gasteiger charge is -2.37. The van der Waals surface area contributed by atoms with Crippen molar-refractivity contribution in [1.82, 2.24) is 0 Å². The molecule has 4 heterocycles. The van der Waals surface area contributed by atoms with Crippen LogP contribution >= 0.6 is 23.1 Å². The number of anilines is 1. The van der Waals surface area contributed by atoms with E-state index in [1.807, 2.05) is 23.1 Å². The number of thiazole rings is 1. The van der Waals surface area contributed by atoms with Gasteiger partial charge in [-0.15, -0.1) is 0 Å². The molecule has 4 aliphatic rings. The van der Waals surface area contributed by atoms with Crippen LogP contribution in [0.5, 0.6) is 0 Å². The highest BCUT2D eigenvalue weighted by atomic mass is 32.2. The summed E-state index contributed by atoms with van der Waals surface area (Å²) in [6, 6.07) is 17.8. The zero-order chi connectivity index (χ0) is 22.9. The molecule has 1 aromatic heterocycles. The summed E-state index contributed by atoms with van der Waals surface area (Å²) >= 11 is 3.95. The number of allylic oxidation sites excluding steroid dienone is 5. The SMILES string of the molecule is CC1(C)CC(C2C=C3Sc4ccccc4N3CC2)=C/C(=C2/CCC[n+]3c2sc2ccccc23)C1. The number of thioether (sulfide) groups is 1. The lowest BCUT2D eigenvalue weighted by molar-refractivity contribution is -0.672. The van der Waals surface area contributed by atoms with Crippen molar-refractivity contribution in [2.45, 2.75) is 57.4 Å². The highest BCUT2D eigenvalue weighted by Gasteiger charge is 2.36. The third-order valence-electron chi connectivity index (χ3n) is 7.89. The minimum absolute atomic E-state index is 0.312. The van der Waals surface area contributed by atoms with Crippen molar-refractivity contribution in [3.63, 3.8) is 0 Å². The first-order chi connectivity index (χ1) is 16.6. The van der Waals surface area contributed by atoms with Gasteiger partial charge in [-0.05, 0) is 60.9 Å². The second kappa shape index (κ2) is 7.86. The van der Waals surface area contributed by atoms with Crippen LogP contribution in [-0.4, -0.2) is 6.54 Å². The summed E-state index contributed by atoms with van der Waals surface area (Å²) in [5.41, 5.74) is 8.00. The molecule has 0 saturated heterocycles. The number of nitrogens with zero attached hydrogens (tertiary/aromatic N) is 2. The van der Waals surface area contributed by atoms with Crippen molar-refractivity contribution < 1.29 is 4.57 Å². The Bertz CT molecular complexity index is 1400. The molecule has 2 aromatic carbocycles. The van der Waals surface area contributed by atoms with E-state index in [4.69, 9.17) is 0 Å². The number of rotatable bonds is 1. The molecule has 1 atom stereocenters. The molecule has 0 amide bonds. The van der Waals surface area contributed by atoms with E-state index >= 15 is 0 Å². The van der Waals surface area contributed by atoms with E-state index in [9.17, 15) is 0 Å². The Morgan fingerprint density at radius 3 is 2.82 bits per heavy atom. The second-order valence-electron chi connectivity index (χ2n) is 11.0. The monoisotopic (exact) mass is 483 g/mol. The maximum absolute atomic E-state index is 2.63. The van der Waals surface area contributed by atoms with Gasteiger partial charge in [-0.3, -0.25) is 0 Å². The number of fused-ring (bicyclic) bond motifs is 6. The number of benzene rings is 2. The summed E-state index contributed by atoms with van der Waals surface area (Å²) in [5.74, 6) is 0.557. The van der Waals surface area contributed by atoms with Crippen LogP contribution in [0.4, 0.5) is 5.69 Å². The summed E-state index contributed by atoms with van der Waals surface area (Å²) in [7, 11) is 0. The molecule has 0 bridgehead atoms. The minimum atomic E-state index is 0.312. The van der Waals surface area contributed by atoms with Crippen LogP contribution in [0.15, 0.2) is 81.8 Å². The van der Waals surface area contributed by atoms with Gasteiger partial charge in [0, 0.05) is 35.4 Å². The van der Waals surface area contributed by atoms with Gasteiger partial charge in [-0.25, -0.2) is 0 Å². The zero-order valence-electron chi connectivity index (χ0n) is 20.0. The predicted octanol–water partition coefficient (Wildman–Crippen LogP) is 7.96. The molecule has 4 heteroatoms. The average Bonchev–Trinajstić information content (AvgIpc) is 3.40. The van der Waals surface area contributed by atoms with Crippen molar-refractivity contribution in [1.29, 1.82) is 0 Å². The Balaban J connectivity index is 1.30. The molecule has 0 fully saturated rings. The number of para-hydroxylation sites is 2. The van der Waals surface area contributed by atoms with Crippen LogP contribution in [0.3, 0.4) is 0 Å². The van der Waals surface area contributed by atoms with Gasteiger partial charge in [0.2, 0.25) is 5.52 Å². The van der Waals surface area contributed by atoms with Gasteiger partial charge in [0.05, 0.1) is 10.7 Å². The first kappa shape index (κ1) is 21.0. The summed E-state index contributed by atoms with van der Waals surface area (Å²) in [6.07, 6.45) is 11.3. The van der Waals surface area contributed by atoms with Crippen LogP contribution in [0.25, 0.3) is 15.8 Å². The fourth-order valence-corrected chi connectivity index (χ4v) is 8.89. The fraction of sp³-hybridized carbons (Fsp3) is 0.367. The Kier molecular flexibility index (Phi) is 4.86. The van der Waals surface area contributed by atoms with E-state index in [1.54, 1.807) is 16.7 Å². The molecule has 34 heavy (non-hydrogen) atoms. The summed E-state index contributed by atoms with van der Waals surface area (Å²) < 4.78 is 4.01. The molecule has 2 nitrogen and oxygen atoms in total. The fourth-order valence-electron chi connectivity index (χ4n) is 6.41. The lowest BCUT2D eigenvalue weighted by Crippen LogP contribution is -2.39. The normalized spacial score (nSPS) is 25.5. The molecule has 1 unspecified atom stereocenters. The molecular formula is C30H31N2S2+. The molecule has 0 saturated carbocycles. The molecule has 0 radical (unpaired) electrons. The number of hydrogen-bond acceptors (Lipinski definition) is 3. The Hall–Kier alpha value is -2.30. The molecule has 3 aromatic rings. The predicted molar refractivity (Wildman–Crippen MR) is 145 cm³/mol. The minimum Gasteiger partial charge on any atom is -0.335 e. The number of aromatic nitrogens is 1. The van der Waals surface area contributed by atoms with Gasteiger partial charge < -0.3 is 4.90 Å². The number of aryl methyl sites for hydroxylation is 1. The molecule has 0 N–H and O–H groups in total. The second-order valence-corrected chi connectivity index (χ2v) is 13.1. The third kappa shape index (κ3) is 3.41. The van der Waals surface area contributed by atoms with Crippen LogP contribution in [0, 0.1) is 11.3 Å². The van der Waals surface area contributed by atoms with E-state index in [0.717, 1.165) is 13.1 Å². The molecule has 1 aliphatic carbocycles. The van der Waals surface area contributed by atoms with Crippen molar-refractivity contribution in [3.8, 4) is 0 Å². The Labute approximate surface area is 210 Å². The highest BCUT2D eigenvalue weighted by molar-refractivity contribution is 8.03. The topological polar surface area (TPSA) is 7.12 Å².